The van der Waals surface area contributed by atoms with Gasteiger partial charge < -0.3 is 40.9 Å². The van der Waals surface area contributed by atoms with E-state index in [0.29, 0.717) is 0 Å². The van der Waals surface area contributed by atoms with Crippen molar-refractivity contribution >= 4 is 47.8 Å². The molecule has 5 heterocycles. The molecule has 0 radical (unpaired) electrons. The molecule has 9 aliphatic rings. The summed E-state index contributed by atoms with van der Waals surface area (Å²) in [5.41, 5.74) is 0. The number of carboxylic acids is 8. The Kier molecular flexibility index (Phi) is 13.1. The average Bonchev–Trinajstić information content (AvgIpc) is 3.97. The van der Waals surface area contributed by atoms with Crippen molar-refractivity contribution < 1.29 is 96.3 Å². The number of fused-ring (bicyclic) bond motifs is 20. The van der Waals surface area contributed by atoms with E-state index in [4.69, 9.17) is 0 Å². The number of carboxylic acid groups (broad SMARTS) is 8. The van der Waals surface area contributed by atoms with E-state index >= 15 is 0 Å². The van der Waals surface area contributed by atoms with Crippen molar-refractivity contribution in [3.8, 4) is 0 Å². The van der Waals surface area contributed by atoms with E-state index in [1.807, 2.05) is 0 Å². The Morgan fingerprint density at radius 3 is 0.585 bits per heavy atom. The van der Waals surface area contributed by atoms with E-state index in [0.717, 1.165) is 51.4 Å². The molecule has 9 fully saturated rings. The smallest absolute Gasteiger partial charge is 0.308 e. The van der Waals surface area contributed by atoms with Crippen LogP contribution in [0.5, 0.6) is 0 Å². The molecule has 4 saturated carbocycles. The molecule has 0 aromatic heterocycles. The van der Waals surface area contributed by atoms with E-state index in [1.54, 1.807) is 0 Å². The van der Waals surface area contributed by atoms with Crippen LogP contribution in [-0.4, -0.2) is 138 Å². The van der Waals surface area contributed by atoms with Crippen molar-refractivity contribution in [1.82, 2.24) is 42.5 Å². The van der Waals surface area contributed by atoms with Gasteiger partial charge in [0.05, 0.1) is 96.7 Å². The van der Waals surface area contributed by atoms with Crippen LogP contribution < -0.4 is 42.5 Å². The molecule has 24 unspecified atom stereocenters. The van der Waals surface area contributed by atoms with Gasteiger partial charge in [-0.2, -0.15) is 0 Å². The number of aliphatic carboxylic acids is 8. The molecule has 0 aromatic rings. The SMILES string of the molecule is O=C(O)C1C(C(=O)O)C(C(=O)O)C2C3NC(NC4NC(NC5NC(NC6NC(N3)C3C(C(=O)O)C(C(=O)O)C(C(=O)O)C(C(=O)O)C63)C3CCCCC53)C3CCCCC43)C2C1C(=O)O.[Fe]. The zero-order valence-corrected chi connectivity index (χ0v) is 35.8. The summed E-state index contributed by atoms with van der Waals surface area (Å²) in [4.78, 5) is 106. The van der Waals surface area contributed by atoms with Crippen molar-refractivity contribution in [2.24, 2.45) is 94.7 Å². The number of hydrogen-bond donors (Lipinski definition) is 16. The molecule has 0 amide bonds. The summed E-state index contributed by atoms with van der Waals surface area (Å²) in [5, 5.41) is 113. The molecule has 0 aromatic carbocycles. The van der Waals surface area contributed by atoms with Gasteiger partial charge in [-0.25, -0.2) is 0 Å². The summed E-state index contributed by atoms with van der Waals surface area (Å²) >= 11 is 0. The van der Waals surface area contributed by atoms with Crippen LogP contribution in [0.25, 0.3) is 0 Å². The summed E-state index contributed by atoms with van der Waals surface area (Å²) in [6.45, 7) is 0. The minimum absolute atomic E-state index is 0. The van der Waals surface area contributed by atoms with E-state index in [9.17, 15) is 79.2 Å². The van der Waals surface area contributed by atoms with Gasteiger partial charge in [-0.3, -0.25) is 80.9 Å². The van der Waals surface area contributed by atoms with Gasteiger partial charge in [-0.15, -0.1) is 0 Å². The minimum atomic E-state index is -2.27. The monoisotopic (exact) mass is 960 g/mol. The Morgan fingerprint density at radius 1 is 0.262 bits per heavy atom. The summed E-state index contributed by atoms with van der Waals surface area (Å²) in [6.07, 6.45) is -0.163. The number of nitrogens with one attached hydrogen (secondary N) is 8. The normalized spacial score (nSPS) is 48.5. The van der Waals surface area contributed by atoms with Crippen molar-refractivity contribution in [2.45, 2.75) is 101 Å². The molecule has 9 rings (SSSR count). The standard InChI is InChI=1S/C40H56N8O16.Fe/c49-33(50)17-13-15(19(35(53)54)23(39(61)62)21(17)37(57)58)31-46-29(13)44-27-11-7-3-1-5-9(11)25(42-27)41-26-10-6-2-4-8-12(10)28(43-26)45-30-14-16(32(47-30)48-31)20(36(55)56)24(40(63)64)22(38(59)60)18(14)34(51)52;/h9-32,41-48H,1-8H2,(H,49,50)(H,51,52)(H,53,54)(H,55,56)(H,57,58)(H,59,60)(H,61,62)(H,63,64);. The maximum atomic E-state index is 13.4. The Labute approximate surface area is 381 Å². The van der Waals surface area contributed by atoms with Crippen LogP contribution in [0.3, 0.4) is 0 Å². The molecule has 0 spiro atoms. The van der Waals surface area contributed by atoms with E-state index in [-0.39, 0.29) is 53.1 Å². The van der Waals surface area contributed by atoms with Crippen LogP contribution in [0.1, 0.15) is 51.4 Å². The first-order chi connectivity index (χ1) is 30.4. The predicted octanol–water partition coefficient (Wildman–Crippen LogP) is -2.91. The van der Waals surface area contributed by atoms with E-state index in [2.05, 4.69) is 42.5 Å². The fraction of sp³-hybridized carbons (Fsp3) is 0.800. The Balaban J connectivity index is 0.00000576. The van der Waals surface area contributed by atoms with Crippen LogP contribution in [0.4, 0.5) is 0 Å². The molecule has 360 valence electrons. The van der Waals surface area contributed by atoms with Crippen LogP contribution in [0, 0.1) is 94.7 Å². The summed E-state index contributed by atoms with van der Waals surface area (Å²) in [5.74, 6) is -37.2. The average molecular weight is 961 g/mol. The quantitative estimate of drug-likeness (QED) is 0.108. The zero-order valence-electron chi connectivity index (χ0n) is 34.7. The van der Waals surface area contributed by atoms with Gasteiger partial charge in [0.15, 0.2) is 0 Å². The number of carbonyl (C=O) groups is 8. The Hall–Kier alpha value is -4.04. The maximum absolute atomic E-state index is 13.4. The van der Waals surface area contributed by atoms with E-state index < -0.39 is 156 Å². The topological polar surface area (TPSA) is 395 Å². The molecule has 5 aliphatic heterocycles. The Bertz CT molecular complexity index is 1850. The molecule has 24 nitrogen and oxygen atoms in total. The van der Waals surface area contributed by atoms with Gasteiger partial charge in [0.2, 0.25) is 0 Å². The fourth-order valence-electron chi connectivity index (χ4n) is 14.9. The van der Waals surface area contributed by atoms with Gasteiger partial charge in [0, 0.05) is 40.7 Å². The first-order valence-electron chi connectivity index (χ1n) is 22.3. The van der Waals surface area contributed by atoms with Crippen molar-refractivity contribution in [3.05, 3.63) is 0 Å². The fourth-order valence-corrected chi connectivity index (χ4v) is 14.9. The molecule has 16 N–H and O–H groups in total. The third kappa shape index (κ3) is 7.68. The van der Waals surface area contributed by atoms with Crippen LogP contribution in [-0.2, 0) is 55.4 Å². The first kappa shape index (κ1) is 47.5. The summed E-state index contributed by atoms with van der Waals surface area (Å²) in [7, 11) is 0. The maximum Gasteiger partial charge on any atom is 0.308 e. The van der Waals surface area contributed by atoms with Crippen LogP contribution in [0.2, 0.25) is 0 Å². The van der Waals surface area contributed by atoms with Crippen LogP contribution in [0.15, 0.2) is 0 Å². The minimum Gasteiger partial charge on any atom is -0.481 e. The van der Waals surface area contributed by atoms with Crippen molar-refractivity contribution in [2.75, 3.05) is 0 Å². The van der Waals surface area contributed by atoms with Gasteiger partial charge >= 0.3 is 47.8 Å². The molecule has 8 bridgehead atoms. The van der Waals surface area contributed by atoms with Crippen LogP contribution >= 0.6 is 0 Å². The first-order valence-corrected chi connectivity index (χ1v) is 22.3. The molecular weight excluding hydrogens is 904 g/mol. The largest absolute Gasteiger partial charge is 0.481 e. The van der Waals surface area contributed by atoms with Gasteiger partial charge in [-0.1, -0.05) is 25.7 Å². The number of hydrogen-bond acceptors (Lipinski definition) is 16. The second kappa shape index (κ2) is 17.9. The second-order valence-corrected chi connectivity index (χ2v) is 19.6. The third-order valence-corrected chi connectivity index (χ3v) is 17.0. The van der Waals surface area contributed by atoms with Crippen molar-refractivity contribution in [1.29, 1.82) is 0 Å². The predicted molar refractivity (Wildman–Crippen MR) is 209 cm³/mol. The summed E-state index contributed by atoms with van der Waals surface area (Å²) in [6, 6.07) is 0. The third-order valence-electron chi connectivity index (χ3n) is 17.0. The van der Waals surface area contributed by atoms with Gasteiger partial charge in [0.1, 0.15) is 0 Å². The van der Waals surface area contributed by atoms with E-state index in [1.165, 1.54) is 0 Å². The van der Waals surface area contributed by atoms with Gasteiger partial charge in [0.25, 0.3) is 0 Å². The molecular formula is C40H56FeN8O16. The molecule has 5 saturated heterocycles. The molecule has 24 atom stereocenters. The van der Waals surface area contributed by atoms with Crippen molar-refractivity contribution in [3.63, 3.8) is 0 Å². The van der Waals surface area contributed by atoms with Gasteiger partial charge in [-0.05, 0) is 49.4 Å². The number of rotatable bonds is 8. The molecule has 65 heavy (non-hydrogen) atoms. The Morgan fingerprint density at radius 2 is 0.415 bits per heavy atom. The molecule has 4 aliphatic carbocycles. The summed E-state index contributed by atoms with van der Waals surface area (Å²) < 4.78 is 0. The zero-order chi connectivity index (χ0) is 45.8. The molecule has 25 heteroatoms. The second-order valence-electron chi connectivity index (χ2n) is 19.6.